The van der Waals surface area contributed by atoms with Crippen molar-refractivity contribution in [2.24, 2.45) is 0 Å². The van der Waals surface area contributed by atoms with Crippen LogP contribution in [0.2, 0.25) is 0 Å². The third-order valence-electron chi connectivity index (χ3n) is 4.36. The Kier molecular flexibility index (Phi) is 3.15. The van der Waals surface area contributed by atoms with Crippen LogP contribution in [-0.4, -0.2) is 11.0 Å². The number of hydrogen-bond acceptors (Lipinski definition) is 3. The maximum Gasteiger partial charge on any atom is 0.261 e. The van der Waals surface area contributed by atoms with E-state index in [9.17, 15) is 9.90 Å². The van der Waals surface area contributed by atoms with Gasteiger partial charge in [0.05, 0.1) is 0 Å². The molecule has 0 bridgehead atoms. The van der Waals surface area contributed by atoms with Gasteiger partial charge in [0, 0.05) is 28.1 Å². The Morgan fingerprint density at radius 1 is 0.875 bits per heavy atom. The molecule has 0 saturated heterocycles. The Balaban J connectivity index is 2.00. The predicted molar refractivity (Wildman–Crippen MR) is 93.5 cm³/mol. The highest BCUT2D eigenvalue weighted by atomic mass is 16.3. The highest BCUT2D eigenvalue weighted by Gasteiger charge is 2.50. The van der Waals surface area contributed by atoms with E-state index in [0.29, 0.717) is 28.1 Å². The molecule has 1 amide bonds. The lowest BCUT2D eigenvalue weighted by Crippen LogP contribution is -2.45. The summed E-state index contributed by atoms with van der Waals surface area (Å²) in [6, 6.07) is 23.3. The Labute approximate surface area is 139 Å². The summed E-state index contributed by atoms with van der Waals surface area (Å²) in [4.78, 5) is 14.4. The van der Waals surface area contributed by atoms with E-state index in [2.05, 4.69) is 0 Å². The topological polar surface area (TPSA) is 66.6 Å². The van der Waals surface area contributed by atoms with Crippen molar-refractivity contribution >= 4 is 17.3 Å². The van der Waals surface area contributed by atoms with E-state index in [1.807, 2.05) is 36.4 Å². The fourth-order valence-electron chi connectivity index (χ4n) is 3.28. The van der Waals surface area contributed by atoms with Gasteiger partial charge < -0.3 is 10.8 Å². The summed E-state index contributed by atoms with van der Waals surface area (Å²) in [5.74, 6) is -0.248. The van der Waals surface area contributed by atoms with Crippen LogP contribution in [0.5, 0.6) is 0 Å². The van der Waals surface area contributed by atoms with Gasteiger partial charge in [-0.1, -0.05) is 54.6 Å². The number of rotatable bonds is 2. The number of carbonyl (C=O) groups excluding carboxylic acids is 1. The van der Waals surface area contributed by atoms with Crippen molar-refractivity contribution < 1.29 is 9.90 Å². The molecule has 0 unspecified atom stereocenters. The molecule has 4 rings (SSSR count). The molecule has 4 nitrogen and oxygen atoms in total. The van der Waals surface area contributed by atoms with Gasteiger partial charge >= 0.3 is 0 Å². The molecule has 0 aliphatic carbocycles. The zero-order chi connectivity index (χ0) is 16.7. The summed E-state index contributed by atoms with van der Waals surface area (Å²) in [6.07, 6.45) is 0. The average molecular weight is 316 g/mol. The van der Waals surface area contributed by atoms with E-state index in [1.54, 1.807) is 42.5 Å². The fraction of sp³-hybridized carbons (Fsp3) is 0.0500. The molecule has 3 aromatic rings. The zero-order valence-corrected chi connectivity index (χ0v) is 12.9. The number of nitrogen functional groups attached to an aromatic ring is 1. The van der Waals surface area contributed by atoms with Crippen molar-refractivity contribution in [1.82, 2.24) is 0 Å². The van der Waals surface area contributed by atoms with Gasteiger partial charge in [0.25, 0.3) is 5.91 Å². The molecular weight excluding hydrogens is 300 g/mol. The van der Waals surface area contributed by atoms with Gasteiger partial charge in [0.2, 0.25) is 0 Å². The average Bonchev–Trinajstić information content (AvgIpc) is 2.85. The first-order valence-electron chi connectivity index (χ1n) is 7.70. The lowest BCUT2D eigenvalue weighted by Gasteiger charge is -2.35. The molecule has 1 atom stereocenters. The van der Waals surface area contributed by atoms with Gasteiger partial charge in [0.1, 0.15) is 0 Å². The number of nitrogens with zero attached hydrogens (tertiary/aromatic N) is 1. The SMILES string of the molecule is Nc1cccc(N2C(=O)c3ccccc3[C@]2(O)c2ccccc2)c1. The first kappa shape index (κ1) is 14.5. The molecule has 4 heteroatoms. The number of carbonyl (C=O) groups is 1. The number of aliphatic hydroxyl groups is 1. The van der Waals surface area contributed by atoms with Gasteiger partial charge in [-0.2, -0.15) is 0 Å². The smallest absolute Gasteiger partial charge is 0.261 e. The summed E-state index contributed by atoms with van der Waals surface area (Å²) < 4.78 is 0. The summed E-state index contributed by atoms with van der Waals surface area (Å²) in [5, 5.41) is 11.7. The van der Waals surface area contributed by atoms with Gasteiger partial charge in [-0.25, -0.2) is 0 Å². The zero-order valence-electron chi connectivity index (χ0n) is 12.9. The van der Waals surface area contributed by atoms with Crippen LogP contribution in [-0.2, 0) is 5.72 Å². The van der Waals surface area contributed by atoms with Gasteiger partial charge in [-0.15, -0.1) is 0 Å². The van der Waals surface area contributed by atoms with Gasteiger partial charge in [-0.3, -0.25) is 9.69 Å². The fourth-order valence-corrected chi connectivity index (χ4v) is 3.28. The van der Waals surface area contributed by atoms with Crippen LogP contribution < -0.4 is 10.6 Å². The first-order chi connectivity index (χ1) is 11.6. The lowest BCUT2D eigenvalue weighted by atomic mass is 9.93. The van der Waals surface area contributed by atoms with Crippen LogP contribution >= 0.6 is 0 Å². The molecule has 1 heterocycles. The molecule has 0 fully saturated rings. The Hall–Kier alpha value is -3.11. The predicted octanol–water partition coefficient (Wildman–Crippen LogP) is 3.12. The van der Waals surface area contributed by atoms with Crippen LogP contribution in [0.4, 0.5) is 11.4 Å². The second-order valence-electron chi connectivity index (χ2n) is 5.82. The normalized spacial score (nSPS) is 19.4. The van der Waals surface area contributed by atoms with Crippen molar-refractivity contribution in [2.75, 3.05) is 10.6 Å². The van der Waals surface area contributed by atoms with Crippen molar-refractivity contribution in [3.05, 3.63) is 95.6 Å². The van der Waals surface area contributed by atoms with E-state index in [0.717, 1.165) is 0 Å². The minimum absolute atomic E-state index is 0.248. The summed E-state index contributed by atoms with van der Waals surface area (Å²) in [6.45, 7) is 0. The van der Waals surface area contributed by atoms with Gasteiger partial charge in [0.15, 0.2) is 5.72 Å². The van der Waals surface area contributed by atoms with E-state index in [4.69, 9.17) is 5.73 Å². The molecule has 1 aliphatic heterocycles. The summed E-state index contributed by atoms with van der Waals surface area (Å²) in [5.41, 5.74) is 7.10. The Morgan fingerprint density at radius 2 is 1.58 bits per heavy atom. The number of nitrogens with two attached hydrogens (primary N) is 1. The second-order valence-corrected chi connectivity index (χ2v) is 5.82. The van der Waals surface area contributed by atoms with E-state index < -0.39 is 5.72 Å². The molecule has 24 heavy (non-hydrogen) atoms. The van der Waals surface area contributed by atoms with Crippen LogP contribution in [0.15, 0.2) is 78.9 Å². The van der Waals surface area contributed by atoms with Crippen LogP contribution in [0.1, 0.15) is 21.5 Å². The molecule has 3 aromatic carbocycles. The Bertz CT molecular complexity index is 924. The van der Waals surface area contributed by atoms with E-state index in [-0.39, 0.29) is 5.91 Å². The van der Waals surface area contributed by atoms with Crippen LogP contribution in [0.3, 0.4) is 0 Å². The number of benzene rings is 3. The van der Waals surface area contributed by atoms with E-state index in [1.165, 1.54) is 4.90 Å². The van der Waals surface area contributed by atoms with Crippen molar-refractivity contribution in [1.29, 1.82) is 0 Å². The third-order valence-corrected chi connectivity index (χ3v) is 4.36. The molecule has 1 aliphatic rings. The molecule has 118 valence electrons. The number of hydrogen-bond donors (Lipinski definition) is 2. The molecule has 3 N–H and O–H groups in total. The Morgan fingerprint density at radius 3 is 2.33 bits per heavy atom. The first-order valence-corrected chi connectivity index (χ1v) is 7.70. The van der Waals surface area contributed by atoms with Gasteiger partial charge in [-0.05, 0) is 24.3 Å². The minimum Gasteiger partial charge on any atom is -0.399 e. The number of fused-ring (bicyclic) bond motifs is 1. The quantitative estimate of drug-likeness (QED) is 0.714. The highest BCUT2D eigenvalue weighted by Crippen LogP contribution is 2.44. The minimum atomic E-state index is -1.57. The molecular formula is C20H16N2O2. The molecule has 0 aromatic heterocycles. The molecule has 0 spiro atoms. The van der Waals surface area contributed by atoms with Crippen LogP contribution in [0.25, 0.3) is 0 Å². The maximum atomic E-state index is 13.0. The maximum absolute atomic E-state index is 13.0. The molecule has 0 saturated carbocycles. The van der Waals surface area contributed by atoms with Crippen molar-refractivity contribution in [3.8, 4) is 0 Å². The van der Waals surface area contributed by atoms with Crippen molar-refractivity contribution in [2.45, 2.75) is 5.72 Å². The second kappa shape index (κ2) is 5.22. The summed E-state index contributed by atoms with van der Waals surface area (Å²) >= 11 is 0. The standard InChI is InChI=1S/C20H16N2O2/c21-15-9-6-10-16(13-15)22-19(23)17-11-4-5-12-18(17)20(22,24)14-7-2-1-3-8-14/h1-13,24H,21H2/t20-/m1/s1. The van der Waals surface area contributed by atoms with Crippen LogP contribution in [0, 0.1) is 0 Å². The lowest BCUT2D eigenvalue weighted by molar-refractivity contribution is 0.0703. The van der Waals surface area contributed by atoms with Crippen molar-refractivity contribution in [3.63, 3.8) is 0 Å². The largest absolute Gasteiger partial charge is 0.399 e. The summed E-state index contributed by atoms with van der Waals surface area (Å²) in [7, 11) is 0. The number of amides is 1. The monoisotopic (exact) mass is 316 g/mol. The number of anilines is 2. The third kappa shape index (κ3) is 1.94. The van der Waals surface area contributed by atoms with E-state index >= 15 is 0 Å². The highest BCUT2D eigenvalue weighted by molar-refractivity contribution is 6.12. The molecule has 0 radical (unpaired) electrons.